The minimum atomic E-state index is 0.0975. The summed E-state index contributed by atoms with van der Waals surface area (Å²) in [5.41, 5.74) is 1.83. The molecule has 2 rings (SSSR count). The van der Waals surface area contributed by atoms with Crippen molar-refractivity contribution in [3.05, 3.63) is 33.8 Å². The molecule has 5 heteroatoms. The molecule has 1 aliphatic heterocycles. The molecule has 0 unspecified atom stereocenters. The van der Waals surface area contributed by atoms with Crippen LogP contribution in [0.3, 0.4) is 0 Å². The molecule has 1 heterocycles. The summed E-state index contributed by atoms with van der Waals surface area (Å²) in [5, 5.41) is 9.00. The molecule has 0 spiro atoms. The number of halogens is 1. The Kier molecular flexibility index (Phi) is 5.57. The van der Waals surface area contributed by atoms with E-state index in [0.717, 1.165) is 48.2 Å². The van der Waals surface area contributed by atoms with Gasteiger partial charge >= 0.3 is 0 Å². The normalized spacial score (nSPS) is 17.1. The number of hydrogen-bond donors (Lipinski definition) is 1. The van der Waals surface area contributed by atoms with Crippen LogP contribution in [0.1, 0.15) is 22.3 Å². The summed E-state index contributed by atoms with van der Waals surface area (Å²) in [7, 11) is 0. The van der Waals surface area contributed by atoms with Crippen molar-refractivity contribution in [3.8, 4) is 0 Å². The number of rotatable bonds is 3. The summed E-state index contributed by atoms with van der Waals surface area (Å²) < 4.78 is 0.942. The number of β-amino-alcohol motifs (C(OH)–C–C–N with tert-alkyl or cyclic N) is 1. The van der Waals surface area contributed by atoms with Gasteiger partial charge in [-0.25, -0.2) is 0 Å². The third-order valence-electron chi connectivity index (χ3n) is 3.58. The van der Waals surface area contributed by atoms with Gasteiger partial charge in [0.25, 0.3) is 5.91 Å². The van der Waals surface area contributed by atoms with Gasteiger partial charge in [0.1, 0.15) is 0 Å². The number of aryl methyl sites for hydroxylation is 1. The van der Waals surface area contributed by atoms with Crippen molar-refractivity contribution in [2.24, 2.45) is 0 Å². The van der Waals surface area contributed by atoms with E-state index in [4.69, 9.17) is 5.11 Å². The number of carbonyl (C=O) groups is 1. The maximum Gasteiger partial charge on any atom is 0.253 e. The molecule has 1 amide bonds. The Morgan fingerprint density at radius 1 is 1.25 bits per heavy atom. The third-order valence-corrected chi connectivity index (χ3v) is 4.04. The highest BCUT2D eigenvalue weighted by Crippen LogP contribution is 2.17. The van der Waals surface area contributed by atoms with Gasteiger partial charge < -0.3 is 10.0 Å². The third kappa shape index (κ3) is 4.04. The van der Waals surface area contributed by atoms with E-state index in [-0.39, 0.29) is 12.5 Å². The zero-order valence-corrected chi connectivity index (χ0v) is 13.4. The molecule has 4 nitrogen and oxygen atoms in total. The highest BCUT2D eigenvalue weighted by Gasteiger charge is 2.20. The SMILES string of the molecule is Cc1cc(Br)cc(C(=O)N2CCCN(CCO)CC2)c1. The van der Waals surface area contributed by atoms with Crippen LogP contribution in [-0.4, -0.2) is 60.1 Å². The molecule has 0 saturated carbocycles. The Bertz CT molecular complexity index is 459. The maximum atomic E-state index is 12.6. The minimum absolute atomic E-state index is 0.0975. The van der Waals surface area contributed by atoms with Crippen LogP contribution in [0, 0.1) is 6.92 Å². The zero-order valence-electron chi connectivity index (χ0n) is 11.8. The number of benzene rings is 1. The molecule has 1 aliphatic rings. The van der Waals surface area contributed by atoms with Crippen LogP contribution in [0.25, 0.3) is 0 Å². The largest absolute Gasteiger partial charge is 0.395 e. The molecule has 1 fully saturated rings. The van der Waals surface area contributed by atoms with Crippen LogP contribution in [0.5, 0.6) is 0 Å². The molecule has 20 heavy (non-hydrogen) atoms. The average Bonchev–Trinajstić information content (AvgIpc) is 2.63. The Balaban J connectivity index is 2.05. The molecule has 0 aliphatic carbocycles. The molecule has 1 aromatic carbocycles. The van der Waals surface area contributed by atoms with Crippen molar-refractivity contribution in [1.29, 1.82) is 0 Å². The van der Waals surface area contributed by atoms with E-state index in [2.05, 4.69) is 20.8 Å². The highest BCUT2D eigenvalue weighted by molar-refractivity contribution is 9.10. The van der Waals surface area contributed by atoms with Gasteiger partial charge in [-0.15, -0.1) is 0 Å². The van der Waals surface area contributed by atoms with Gasteiger partial charge in [-0.05, 0) is 43.7 Å². The predicted molar refractivity (Wildman–Crippen MR) is 82.9 cm³/mol. The first-order valence-electron chi connectivity index (χ1n) is 7.00. The summed E-state index contributed by atoms with van der Waals surface area (Å²) in [6, 6.07) is 5.82. The second kappa shape index (κ2) is 7.20. The van der Waals surface area contributed by atoms with E-state index >= 15 is 0 Å². The van der Waals surface area contributed by atoms with Crippen molar-refractivity contribution in [2.75, 3.05) is 39.3 Å². The first-order chi connectivity index (χ1) is 9.60. The topological polar surface area (TPSA) is 43.8 Å². The summed E-state index contributed by atoms with van der Waals surface area (Å²) in [5.74, 6) is 0.0975. The molecule has 0 bridgehead atoms. The van der Waals surface area contributed by atoms with E-state index in [9.17, 15) is 4.79 Å². The predicted octanol–water partition coefficient (Wildman–Crippen LogP) is 1.90. The van der Waals surface area contributed by atoms with E-state index < -0.39 is 0 Å². The van der Waals surface area contributed by atoms with Gasteiger partial charge in [0.2, 0.25) is 0 Å². The van der Waals surface area contributed by atoms with Crippen LogP contribution >= 0.6 is 15.9 Å². The fourth-order valence-electron chi connectivity index (χ4n) is 2.58. The number of hydrogen-bond acceptors (Lipinski definition) is 3. The monoisotopic (exact) mass is 340 g/mol. The Labute approximate surface area is 128 Å². The van der Waals surface area contributed by atoms with Gasteiger partial charge in [-0.2, -0.15) is 0 Å². The van der Waals surface area contributed by atoms with Crippen molar-refractivity contribution >= 4 is 21.8 Å². The Hall–Kier alpha value is -0.910. The number of amides is 1. The van der Waals surface area contributed by atoms with Crippen LogP contribution < -0.4 is 0 Å². The van der Waals surface area contributed by atoms with Gasteiger partial charge in [0.05, 0.1) is 6.61 Å². The number of nitrogens with zero attached hydrogens (tertiary/aromatic N) is 2. The molecular weight excluding hydrogens is 320 g/mol. The fourth-order valence-corrected chi connectivity index (χ4v) is 3.19. The maximum absolute atomic E-state index is 12.6. The highest BCUT2D eigenvalue weighted by atomic mass is 79.9. The molecule has 1 aromatic rings. The van der Waals surface area contributed by atoms with Crippen LogP contribution in [-0.2, 0) is 0 Å². The molecule has 1 N–H and O–H groups in total. The van der Waals surface area contributed by atoms with Gasteiger partial charge in [0.15, 0.2) is 0 Å². The molecule has 110 valence electrons. The lowest BCUT2D eigenvalue weighted by Gasteiger charge is -2.22. The van der Waals surface area contributed by atoms with Gasteiger partial charge in [-0.3, -0.25) is 9.69 Å². The lowest BCUT2D eigenvalue weighted by atomic mass is 10.1. The number of aliphatic hydroxyl groups is 1. The zero-order chi connectivity index (χ0) is 14.5. The summed E-state index contributed by atoms with van der Waals surface area (Å²) in [4.78, 5) is 16.7. The molecule has 1 saturated heterocycles. The Morgan fingerprint density at radius 2 is 2.05 bits per heavy atom. The first-order valence-corrected chi connectivity index (χ1v) is 7.79. The van der Waals surface area contributed by atoms with E-state index in [0.29, 0.717) is 6.54 Å². The smallest absolute Gasteiger partial charge is 0.253 e. The molecule has 0 atom stereocenters. The lowest BCUT2D eigenvalue weighted by Crippen LogP contribution is -2.35. The minimum Gasteiger partial charge on any atom is -0.395 e. The van der Waals surface area contributed by atoms with Gasteiger partial charge in [-0.1, -0.05) is 15.9 Å². The number of carbonyl (C=O) groups excluding carboxylic acids is 1. The number of aliphatic hydroxyl groups excluding tert-OH is 1. The second-order valence-corrected chi connectivity index (χ2v) is 6.14. The first kappa shape index (κ1) is 15.5. The van der Waals surface area contributed by atoms with E-state index in [1.165, 1.54) is 0 Å². The van der Waals surface area contributed by atoms with E-state index in [1.807, 2.05) is 30.0 Å². The van der Waals surface area contributed by atoms with Crippen molar-refractivity contribution in [2.45, 2.75) is 13.3 Å². The summed E-state index contributed by atoms with van der Waals surface area (Å²) in [6.07, 6.45) is 0.957. The average molecular weight is 341 g/mol. The van der Waals surface area contributed by atoms with Crippen LogP contribution in [0.4, 0.5) is 0 Å². The van der Waals surface area contributed by atoms with Crippen molar-refractivity contribution in [1.82, 2.24) is 9.80 Å². The standard InChI is InChI=1S/C15H21BrN2O2/c1-12-9-13(11-14(16)10-12)15(20)18-4-2-3-17(5-6-18)7-8-19/h9-11,19H,2-8H2,1H3. The van der Waals surface area contributed by atoms with Gasteiger partial charge in [0, 0.05) is 36.2 Å². The Morgan fingerprint density at radius 3 is 2.75 bits per heavy atom. The quantitative estimate of drug-likeness (QED) is 0.913. The van der Waals surface area contributed by atoms with Crippen molar-refractivity contribution < 1.29 is 9.90 Å². The molecule has 0 radical (unpaired) electrons. The summed E-state index contributed by atoms with van der Waals surface area (Å²) in [6.45, 7) is 6.15. The van der Waals surface area contributed by atoms with E-state index in [1.54, 1.807) is 0 Å². The molecule has 0 aromatic heterocycles. The van der Waals surface area contributed by atoms with Crippen molar-refractivity contribution in [3.63, 3.8) is 0 Å². The van der Waals surface area contributed by atoms with Crippen LogP contribution in [0.15, 0.2) is 22.7 Å². The molecular formula is C15H21BrN2O2. The second-order valence-electron chi connectivity index (χ2n) is 5.23. The van der Waals surface area contributed by atoms with Crippen LogP contribution in [0.2, 0.25) is 0 Å². The summed E-state index contributed by atoms with van der Waals surface area (Å²) >= 11 is 3.44. The fraction of sp³-hybridized carbons (Fsp3) is 0.533. The lowest BCUT2D eigenvalue weighted by molar-refractivity contribution is 0.0760.